The number of aryl methyl sites for hydroxylation is 1. The number of ketones is 1. The third kappa shape index (κ3) is 2.36. The number of benzene rings is 1. The van der Waals surface area contributed by atoms with E-state index in [4.69, 9.17) is 14.1 Å². The summed E-state index contributed by atoms with van der Waals surface area (Å²) in [6.07, 6.45) is 1.72. The van der Waals surface area contributed by atoms with Crippen LogP contribution in [-0.2, 0) is 4.79 Å². The Balaban J connectivity index is 1.82. The largest absolute Gasteiger partial charge is 0.465 e. The number of carbonyl (C=O) groups excluding carboxylic acids is 1. The molecule has 7 heteroatoms. The molecule has 1 aromatic carbocycles. The third-order valence-electron chi connectivity index (χ3n) is 5.35. The topological polar surface area (TPSA) is 73.8 Å². The lowest BCUT2D eigenvalue weighted by molar-refractivity contribution is -0.132. The first-order chi connectivity index (χ1) is 13.4. The Labute approximate surface area is 164 Å². The Kier molecular flexibility index (Phi) is 3.55. The van der Waals surface area contributed by atoms with Crippen molar-refractivity contribution in [2.75, 3.05) is 0 Å². The zero-order chi connectivity index (χ0) is 19.6. The summed E-state index contributed by atoms with van der Waals surface area (Å²) < 4.78 is 13.9. The van der Waals surface area contributed by atoms with E-state index in [1.54, 1.807) is 10.6 Å². The molecule has 0 amide bonds. The van der Waals surface area contributed by atoms with Gasteiger partial charge in [-0.15, -0.1) is 0 Å². The van der Waals surface area contributed by atoms with E-state index in [1.165, 1.54) is 18.3 Å². The number of hydrogen-bond donors (Lipinski definition) is 0. The highest BCUT2D eigenvalue weighted by molar-refractivity contribution is 7.07. The zero-order valence-corrected chi connectivity index (χ0v) is 16.4. The smallest absolute Gasteiger partial charge is 0.271 e. The molecule has 2 aliphatic heterocycles. The van der Waals surface area contributed by atoms with E-state index in [0.717, 1.165) is 11.3 Å². The van der Waals surface area contributed by atoms with E-state index in [9.17, 15) is 9.59 Å². The number of hydrogen-bond acceptors (Lipinski definition) is 6. The van der Waals surface area contributed by atoms with Crippen LogP contribution < -0.4 is 19.6 Å². The Morgan fingerprint density at radius 1 is 1.29 bits per heavy atom. The van der Waals surface area contributed by atoms with Gasteiger partial charge in [0.2, 0.25) is 5.72 Å². The second kappa shape index (κ2) is 5.78. The number of rotatable bonds is 2. The molecule has 0 N–H and O–H groups in total. The van der Waals surface area contributed by atoms with Gasteiger partial charge in [0.05, 0.1) is 10.6 Å². The zero-order valence-electron chi connectivity index (χ0n) is 15.6. The summed E-state index contributed by atoms with van der Waals surface area (Å²) in [5, 5.41) is 0. The van der Waals surface area contributed by atoms with Crippen molar-refractivity contribution in [3.8, 4) is 5.75 Å². The minimum Gasteiger partial charge on any atom is -0.465 e. The van der Waals surface area contributed by atoms with Crippen molar-refractivity contribution in [2.24, 2.45) is 10.9 Å². The summed E-state index contributed by atoms with van der Waals surface area (Å²) in [6.45, 7) is 5.20. The van der Waals surface area contributed by atoms with Crippen LogP contribution in [0.25, 0.3) is 6.08 Å². The van der Waals surface area contributed by atoms with Crippen molar-refractivity contribution in [3.05, 3.63) is 73.2 Å². The molecule has 3 aromatic rings. The summed E-state index contributed by atoms with van der Waals surface area (Å²) in [5.74, 6) is 1.43. The predicted molar refractivity (Wildman–Crippen MR) is 104 cm³/mol. The van der Waals surface area contributed by atoms with Gasteiger partial charge in [0.25, 0.3) is 5.56 Å². The number of para-hydroxylation sites is 1. The molecule has 0 radical (unpaired) electrons. The molecule has 0 aliphatic carbocycles. The highest BCUT2D eigenvalue weighted by Crippen LogP contribution is 2.47. The van der Waals surface area contributed by atoms with Crippen LogP contribution in [0.3, 0.4) is 0 Å². The summed E-state index contributed by atoms with van der Waals surface area (Å²) >= 11 is 1.29. The standard InChI is InChI=1S/C21H18N2O4S/c1-11-8-9-13(26-11)10-16-19(25)23-18-14-6-4-5-7-15(14)27-21(3,17(18)12(2)24)22-20(23)28-16/h4-10,17-18H,1-3H3/b16-10+/t17-,18-,21-/m0/s1. The first-order valence-corrected chi connectivity index (χ1v) is 9.87. The summed E-state index contributed by atoms with van der Waals surface area (Å²) in [4.78, 5) is 31.1. The molecular weight excluding hydrogens is 376 g/mol. The molecule has 0 fully saturated rings. The van der Waals surface area contributed by atoms with Crippen molar-refractivity contribution in [2.45, 2.75) is 32.5 Å². The first kappa shape index (κ1) is 17.2. The molecule has 0 saturated carbocycles. The van der Waals surface area contributed by atoms with Crippen LogP contribution in [0, 0.1) is 12.8 Å². The van der Waals surface area contributed by atoms with Gasteiger partial charge in [0.15, 0.2) is 4.80 Å². The van der Waals surface area contributed by atoms with E-state index in [2.05, 4.69) is 0 Å². The van der Waals surface area contributed by atoms with Crippen molar-refractivity contribution < 1.29 is 13.9 Å². The first-order valence-electron chi connectivity index (χ1n) is 9.05. The molecule has 5 rings (SSSR count). The normalized spacial score (nSPS) is 25.5. The average Bonchev–Trinajstić information content (AvgIpc) is 3.16. The van der Waals surface area contributed by atoms with Crippen molar-refractivity contribution in [1.29, 1.82) is 0 Å². The van der Waals surface area contributed by atoms with Gasteiger partial charge in [-0.1, -0.05) is 29.5 Å². The molecule has 2 bridgehead atoms. The van der Waals surface area contributed by atoms with Crippen LogP contribution in [0.4, 0.5) is 0 Å². The number of nitrogens with zero attached hydrogens (tertiary/aromatic N) is 2. The average molecular weight is 394 g/mol. The van der Waals surface area contributed by atoms with E-state index in [-0.39, 0.29) is 11.3 Å². The Bertz CT molecular complexity index is 1300. The molecule has 142 valence electrons. The number of ether oxygens (including phenoxy) is 1. The maximum Gasteiger partial charge on any atom is 0.271 e. The molecular formula is C21H18N2O4S. The number of carbonyl (C=O) groups is 1. The number of thiazole rings is 1. The van der Waals surface area contributed by atoms with Gasteiger partial charge in [-0.2, -0.15) is 0 Å². The molecule has 6 nitrogen and oxygen atoms in total. The molecule has 2 aromatic heterocycles. The highest BCUT2D eigenvalue weighted by atomic mass is 32.1. The Morgan fingerprint density at radius 2 is 2.07 bits per heavy atom. The minimum atomic E-state index is -1.04. The van der Waals surface area contributed by atoms with Crippen LogP contribution in [0.1, 0.15) is 37.0 Å². The Morgan fingerprint density at radius 3 is 2.79 bits per heavy atom. The summed E-state index contributed by atoms with van der Waals surface area (Å²) in [5.41, 5.74) is -0.384. The van der Waals surface area contributed by atoms with Gasteiger partial charge in [-0.05, 0) is 39.0 Å². The second-order valence-corrected chi connectivity index (χ2v) is 8.37. The molecule has 0 unspecified atom stereocenters. The van der Waals surface area contributed by atoms with Crippen molar-refractivity contribution in [3.63, 3.8) is 0 Å². The van der Waals surface area contributed by atoms with Crippen LogP contribution in [0.15, 0.2) is 50.6 Å². The van der Waals surface area contributed by atoms with Gasteiger partial charge in [-0.25, -0.2) is 4.99 Å². The minimum absolute atomic E-state index is 0.0540. The maximum absolute atomic E-state index is 13.3. The molecule has 2 aliphatic rings. The quantitative estimate of drug-likeness (QED) is 0.668. The Hall–Kier alpha value is -2.93. The van der Waals surface area contributed by atoms with Gasteiger partial charge < -0.3 is 9.15 Å². The van der Waals surface area contributed by atoms with Gasteiger partial charge in [-0.3, -0.25) is 14.2 Å². The van der Waals surface area contributed by atoms with E-state index in [0.29, 0.717) is 20.8 Å². The van der Waals surface area contributed by atoms with Gasteiger partial charge in [0, 0.05) is 11.6 Å². The number of aromatic nitrogens is 1. The lowest BCUT2D eigenvalue weighted by Gasteiger charge is -2.45. The van der Waals surface area contributed by atoms with Crippen LogP contribution in [0.5, 0.6) is 5.75 Å². The van der Waals surface area contributed by atoms with Crippen LogP contribution >= 0.6 is 11.3 Å². The summed E-state index contributed by atoms with van der Waals surface area (Å²) in [7, 11) is 0. The van der Waals surface area contributed by atoms with E-state index in [1.807, 2.05) is 50.2 Å². The molecule has 0 spiro atoms. The number of furan rings is 1. The monoisotopic (exact) mass is 394 g/mol. The molecule has 4 heterocycles. The fourth-order valence-electron chi connectivity index (χ4n) is 4.22. The van der Waals surface area contributed by atoms with Gasteiger partial charge >= 0.3 is 0 Å². The van der Waals surface area contributed by atoms with Crippen LogP contribution in [0.2, 0.25) is 0 Å². The lowest BCUT2D eigenvalue weighted by Crippen LogP contribution is -2.58. The predicted octanol–water partition coefficient (Wildman–Crippen LogP) is 2.18. The van der Waals surface area contributed by atoms with E-state index >= 15 is 0 Å². The highest BCUT2D eigenvalue weighted by Gasteiger charge is 2.53. The van der Waals surface area contributed by atoms with Crippen LogP contribution in [-0.4, -0.2) is 16.1 Å². The fourth-order valence-corrected chi connectivity index (χ4v) is 5.30. The SMILES string of the molecule is CC(=O)[C@H]1[C@@H]2c3ccccc3O[C@]1(C)N=c1s/c(=C/c3ccc(C)o3)c(=O)n12. The number of fused-ring (bicyclic) bond motifs is 6. The number of Topliss-reactive ketones (excluding diaryl/α,β-unsaturated/α-hetero) is 1. The fraction of sp³-hybridized carbons (Fsp3) is 0.286. The van der Waals surface area contributed by atoms with E-state index < -0.39 is 17.7 Å². The third-order valence-corrected chi connectivity index (χ3v) is 6.34. The molecule has 28 heavy (non-hydrogen) atoms. The van der Waals surface area contributed by atoms with Gasteiger partial charge in [0.1, 0.15) is 29.0 Å². The molecule has 3 atom stereocenters. The summed E-state index contributed by atoms with van der Waals surface area (Å²) in [6, 6.07) is 10.8. The van der Waals surface area contributed by atoms with Crippen molar-refractivity contribution >= 4 is 23.2 Å². The van der Waals surface area contributed by atoms with Crippen molar-refractivity contribution in [1.82, 2.24) is 4.57 Å². The maximum atomic E-state index is 13.3. The molecule has 0 saturated heterocycles. The lowest BCUT2D eigenvalue weighted by atomic mass is 9.79. The second-order valence-electron chi connectivity index (χ2n) is 7.36.